The van der Waals surface area contributed by atoms with Crippen LogP contribution in [0.2, 0.25) is 0 Å². The number of carbonyl (C=O) groups is 1. The molecule has 0 unspecified atom stereocenters. The van der Waals surface area contributed by atoms with Crippen molar-refractivity contribution in [1.29, 1.82) is 0 Å². The lowest BCUT2D eigenvalue weighted by atomic mass is 10.1. The Morgan fingerprint density at radius 2 is 2.08 bits per heavy atom. The minimum Gasteiger partial charge on any atom is -0.472 e. The molecule has 4 heterocycles. The normalized spacial score (nSPS) is 17.0. The summed E-state index contributed by atoms with van der Waals surface area (Å²) in [5, 5.41) is 7.40. The van der Waals surface area contributed by atoms with E-state index in [2.05, 4.69) is 20.3 Å². The van der Waals surface area contributed by atoms with Crippen LogP contribution in [0.1, 0.15) is 22.9 Å². The number of nitrogens with zero attached hydrogens (tertiary/aromatic N) is 4. The Morgan fingerprint density at radius 3 is 2.88 bits per heavy atom. The summed E-state index contributed by atoms with van der Waals surface area (Å²) in [6, 6.07) is 7.53. The second kappa shape index (κ2) is 7.53. The molecule has 0 spiro atoms. The van der Waals surface area contributed by atoms with E-state index in [9.17, 15) is 4.79 Å². The average Bonchev–Trinajstić information content (AvgIpc) is 3.33. The van der Waals surface area contributed by atoms with E-state index in [1.54, 1.807) is 31.1 Å². The topological polar surface area (TPSA) is 76.2 Å². The van der Waals surface area contributed by atoms with Crippen LogP contribution < -0.4 is 5.32 Å². The lowest BCUT2D eigenvalue weighted by molar-refractivity contribution is -0.126. The average molecular weight is 351 g/mol. The summed E-state index contributed by atoms with van der Waals surface area (Å²) in [5.74, 6) is 0.000833. The third kappa shape index (κ3) is 3.67. The zero-order valence-electron chi connectivity index (χ0n) is 14.4. The van der Waals surface area contributed by atoms with Crippen molar-refractivity contribution in [1.82, 2.24) is 25.0 Å². The van der Waals surface area contributed by atoms with E-state index >= 15 is 0 Å². The molecule has 0 aromatic carbocycles. The summed E-state index contributed by atoms with van der Waals surface area (Å²) in [6.45, 7) is 2.74. The molecule has 1 aliphatic rings. The van der Waals surface area contributed by atoms with Crippen molar-refractivity contribution in [2.75, 3.05) is 13.1 Å². The van der Waals surface area contributed by atoms with Crippen molar-refractivity contribution in [3.8, 4) is 0 Å². The predicted octanol–water partition coefficient (Wildman–Crippen LogP) is 1.79. The van der Waals surface area contributed by atoms with E-state index in [-0.39, 0.29) is 11.9 Å². The largest absolute Gasteiger partial charge is 0.472 e. The van der Waals surface area contributed by atoms with Crippen molar-refractivity contribution in [3.63, 3.8) is 0 Å². The van der Waals surface area contributed by atoms with Gasteiger partial charge in [0.05, 0.1) is 18.2 Å². The fourth-order valence-electron chi connectivity index (χ4n) is 3.32. The lowest BCUT2D eigenvalue weighted by Crippen LogP contribution is -2.45. The second-order valence-electron chi connectivity index (χ2n) is 6.48. The number of pyridine rings is 1. The summed E-state index contributed by atoms with van der Waals surface area (Å²) in [4.78, 5) is 19.0. The molecule has 134 valence electrons. The highest BCUT2D eigenvalue weighted by atomic mass is 16.3. The molecule has 7 nitrogen and oxygen atoms in total. The van der Waals surface area contributed by atoms with E-state index in [0.717, 1.165) is 36.3 Å². The van der Waals surface area contributed by atoms with Crippen molar-refractivity contribution in [2.45, 2.75) is 25.6 Å². The smallest absolute Gasteiger partial charge is 0.246 e. The minimum absolute atomic E-state index is 0.000833. The van der Waals surface area contributed by atoms with Crippen LogP contribution in [0.3, 0.4) is 0 Å². The molecule has 0 radical (unpaired) electrons. The number of rotatable bonds is 6. The molecule has 0 saturated heterocycles. The molecule has 1 N–H and O–H groups in total. The van der Waals surface area contributed by atoms with Crippen LogP contribution in [0.25, 0.3) is 0 Å². The molecule has 1 amide bonds. The molecule has 0 bridgehead atoms. The van der Waals surface area contributed by atoms with Gasteiger partial charge in [-0.15, -0.1) is 0 Å². The van der Waals surface area contributed by atoms with E-state index in [1.807, 2.05) is 28.9 Å². The van der Waals surface area contributed by atoms with Crippen LogP contribution in [-0.2, 0) is 24.3 Å². The highest BCUT2D eigenvalue weighted by molar-refractivity contribution is 5.80. The number of fused-ring (bicyclic) bond motifs is 1. The maximum Gasteiger partial charge on any atom is 0.246 e. The molecule has 26 heavy (non-hydrogen) atoms. The van der Waals surface area contributed by atoms with Crippen LogP contribution in [-0.4, -0.2) is 38.7 Å². The summed E-state index contributed by atoms with van der Waals surface area (Å²) >= 11 is 0. The summed E-state index contributed by atoms with van der Waals surface area (Å²) in [7, 11) is 0. The first-order valence-electron chi connectivity index (χ1n) is 8.72. The third-order valence-electron chi connectivity index (χ3n) is 4.62. The van der Waals surface area contributed by atoms with E-state index in [1.165, 1.54) is 0 Å². The molecule has 1 aliphatic heterocycles. The molecule has 3 aromatic rings. The van der Waals surface area contributed by atoms with Crippen LogP contribution >= 0.6 is 0 Å². The molecular formula is C19H21N5O2. The zero-order chi connectivity index (χ0) is 17.8. The monoisotopic (exact) mass is 351 g/mol. The van der Waals surface area contributed by atoms with Gasteiger partial charge in [0.2, 0.25) is 5.91 Å². The molecule has 0 saturated carbocycles. The third-order valence-corrected chi connectivity index (χ3v) is 4.62. The number of amides is 1. The quantitative estimate of drug-likeness (QED) is 0.733. The number of carbonyl (C=O) groups excluding carboxylic acids is 1. The van der Waals surface area contributed by atoms with Gasteiger partial charge in [-0.3, -0.25) is 19.4 Å². The Labute approximate surface area is 151 Å². The van der Waals surface area contributed by atoms with Gasteiger partial charge in [0.15, 0.2) is 0 Å². The molecule has 0 fully saturated rings. The number of aromatic nitrogens is 3. The number of hydrogen-bond acceptors (Lipinski definition) is 5. The van der Waals surface area contributed by atoms with E-state index < -0.39 is 0 Å². The van der Waals surface area contributed by atoms with Gasteiger partial charge in [0.1, 0.15) is 6.04 Å². The molecule has 4 rings (SSSR count). The van der Waals surface area contributed by atoms with Gasteiger partial charge in [-0.05, 0) is 36.2 Å². The SMILES string of the molecule is O=C(NCCc1ccncc1)[C@@H]1CN(Cc2ccoc2)Cc2ccnn21. The summed E-state index contributed by atoms with van der Waals surface area (Å²) in [5.41, 5.74) is 3.31. The molecule has 1 atom stereocenters. The first-order chi connectivity index (χ1) is 12.8. The van der Waals surface area contributed by atoms with Gasteiger partial charge < -0.3 is 9.73 Å². The minimum atomic E-state index is -0.321. The van der Waals surface area contributed by atoms with Crippen LogP contribution in [0.15, 0.2) is 59.8 Å². The number of nitrogens with one attached hydrogen (secondary N) is 1. The van der Waals surface area contributed by atoms with Crippen LogP contribution in [0.4, 0.5) is 0 Å². The molecule has 7 heteroatoms. The standard InChI is InChI=1S/C19H21N5O2/c25-19(21-8-3-15-1-6-20-7-2-15)18-13-23(11-16-5-10-26-14-16)12-17-4-9-22-24(17)18/h1-2,4-7,9-10,14,18H,3,8,11-13H2,(H,21,25)/t18-/m0/s1. The number of furan rings is 1. The van der Waals surface area contributed by atoms with Gasteiger partial charge >= 0.3 is 0 Å². The van der Waals surface area contributed by atoms with Gasteiger partial charge in [-0.1, -0.05) is 0 Å². The lowest BCUT2D eigenvalue weighted by Gasteiger charge is -2.32. The molecule has 3 aromatic heterocycles. The number of hydrogen-bond donors (Lipinski definition) is 1. The van der Waals surface area contributed by atoms with E-state index in [4.69, 9.17) is 4.42 Å². The van der Waals surface area contributed by atoms with Crippen molar-refractivity contribution in [3.05, 3.63) is 72.2 Å². The van der Waals surface area contributed by atoms with Gasteiger partial charge in [-0.25, -0.2) is 0 Å². The van der Waals surface area contributed by atoms with Gasteiger partial charge in [0.25, 0.3) is 0 Å². The highest BCUT2D eigenvalue weighted by Gasteiger charge is 2.30. The maximum absolute atomic E-state index is 12.8. The van der Waals surface area contributed by atoms with Crippen molar-refractivity contribution < 1.29 is 9.21 Å². The fraction of sp³-hybridized carbons (Fsp3) is 0.316. The molecule has 0 aliphatic carbocycles. The zero-order valence-corrected chi connectivity index (χ0v) is 14.4. The van der Waals surface area contributed by atoms with Crippen molar-refractivity contribution in [2.24, 2.45) is 0 Å². The Bertz CT molecular complexity index is 844. The first-order valence-corrected chi connectivity index (χ1v) is 8.72. The Balaban J connectivity index is 1.40. The van der Waals surface area contributed by atoms with Gasteiger partial charge in [0, 0.05) is 50.3 Å². The predicted molar refractivity (Wildman–Crippen MR) is 95.0 cm³/mol. The first kappa shape index (κ1) is 16.5. The summed E-state index contributed by atoms with van der Waals surface area (Å²) in [6.07, 6.45) is 9.49. The van der Waals surface area contributed by atoms with Gasteiger partial charge in [-0.2, -0.15) is 5.10 Å². The Hall–Kier alpha value is -2.93. The Morgan fingerprint density at radius 1 is 1.19 bits per heavy atom. The second-order valence-corrected chi connectivity index (χ2v) is 6.48. The molecular weight excluding hydrogens is 330 g/mol. The van der Waals surface area contributed by atoms with Crippen LogP contribution in [0.5, 0.6) is 0 Å². The van der Waals surface area contributed by atoms with Crippen LogP contribution in [0, 0.1) is 0 Å². The van der Waals surface area contributed by atoms with Crippen molar-refractivity contribution >= 4 is 5.91 Å². The highest BCUT2D eigenvalue weighted by Crippen LogP contribution is 2.22. The summed E-state index contributed by atoms with van der Waals surface area (Å²) < 4.78 is 6.99. The Kier molecular flexibility index (Phi) is 4.79. The maximum atomic E-state index is 12.8. The van der Waals surface area contributed by atoms with E-state index in [0.29, 0.717) is 13.1 Å². The fourth-order valence-corrected chi connectivity index (χ4v) is 3.32.